The first-order valence-electron chi connectivity index (χ1n) is 3.31. The molecule has 4 nitrogen and oxygen atoms in total. The van der Waals surface area contributed by atoms with Gasteiger partial charge in [-0.1, -0.05) is 0 Å². The second-order valence-corrected chi connectivity index (χ2v) is 3.36. The van der Waals surface area contributed by atoms with Crippen LogP contribution in [0.2, 0.25) is 0 Å². The molecule has 0 bridgehead atoms. The van der Waals surface area contributed by atoms with Crippen LogP contribution in [0, 0.1) is 0 Å². The summed E-state index contributed by atoms with van der Waals surface area (Å²) in [6.07, 6.45) is 0.360. The van der Waals surface area contributed by atoms with Crippen molar-refractivity contribution in [2.75, 3.05) is 0 Å². The lowest BCUT2D eigenvalue weighted by atomic mass is 10.1. The molecular weight excluding hydrogens is 203 g/mol. The monoisotopic (exact) mass is 212 g/mol. The van der Waals surface area contributed by atoms with Crippen LogP contribution in [-0.4, -0.2) is 22.6 Å². The van der Waals surface area contributed by atoms with E-state index < -0.39 is 22.6 Å². The Morgan fingerprint density at radius 3 is 2.08 bits per heavy atom. The molecule has 70 valence electrons. The highest BCUT2D eigenvalue weighted by Gasteiger charge is 2.21. The van der Waals surface area contributed by atoms with E-state index in [0.29, 0.717) is 0 Å². The highest BCUT2D eigenvalue weighted by atomic mass is 35.5. The molecule has 0 aliphatic heterocycles. The van der Waals surface area contributed by atoms with Gasteiger partial charge in [0.05, 0.1) is 5.38 Å². The van der Waals surface area contributed by atoms with Crippen LogP contribution in [0.5, 0.6) is 0 Å². The molecule has 2 atom stereocenters. The van der Waals surface area contributed by atoms with Crippen LogP contribution < -0.4 is 11.5 Å². The minimum atomic E-state index is -0.953. The number of amides is 2. The molecule has 0 aliphatic rings. The van der Waals surface area contributed by atoms with Crippen LogP contribution in [0.1, 0.15) is 12.8 Å². The summed E-state index contributed by atoms with van der Waals surface area (Å²) in [5.41, 5.74) is 9.73. The van der Waals surface area contributed by atoms with E-state index in [1.807, 2.05) is 0 Å². The number of carbonyl (C=O) groups is 2. The number of primary amides is 2. The molecule has 6 heteroatoms. The first-order chi connectivity index (χ1) is 5.45. The average Bonchev–Trinajstić information content (AvgIpc) is 1.98. The predicted octanol–water partition coefficient (Wildman–Crippen LogP) is -0.0480. The molecule has 12 heavy (non-hydrogen) atoms. The molecule has 0 fully saturated rings. The molecule has 0 spiro atoms. The molecule has 0 aromatic carbocycles. The van der Waals surface area contributed by atoms with Crippen molar-refractivity contribution >= 4 is 35.0 Å². The zero-order valence-electron chi connectivity index (χ0n) is 6.30. The number of alkyl halides is 2. The van der Waals surface area contributed by atoms with Gasteiger partial charge >= 0.3 is 0 Å². The predicted molar refractivity (Wildman–Crippen MR) is 46.9 cm³/mol. The molecule has 0 rings (SSSR count). The Balaban J connectivity index is 3.79. The van der Waals surface area contributed by atoms with E-state index in [-0.39, 0.29) is 12.8 Å². The van der Waals surface area contributed by atoms with E-state index in [0.717, 1.165) is 0 Å². The highest BCUT2D eigenvalue weighted by molar-refractivity contribution is 6.37. The van der Waals surface area contributed by atoms with Crippen molar-refractivity contribution in [3.63, 3.8) is 0 Å². The van der Waals surface area contributed by atoms with Crippen LogP contribution in [0.4, 0.5) is 0 Å². The fourth-order valence-electron chi connectivity index (χ4n) is 0.605. The van der Waals surface area contributed by atoms with Gasteiger partial charge in [0.25, 0.3) is 0 Å². The Bertz CT molecular complexity index is 186. The molecule has 0 saturated heterocycles. The Hall–Kier alpha value is -0.480. The van der Waals surface area contributed by atoms with E-state index in [1.54, 1.807) is 0 Å². The van der Waals surface area contributed by atoms with Crippen molar-refractivity contribution in [3.8, 4) is 0 Å². The largest absolute Gasteiger partial charge is 0.370 e. The third-order valence-corrected chi connectivity index (χ3v) is 2.37. The molecule has 0 aromatic rings. The Kier molecular flexibility index (Phi) is 5.01. The fraction of sp³-hybridized carbons (Fsp3) is 0.667. The number of halogens is 2. The minimum Gasteiger partial charge on any atom is -0.370 e. The van der Waals surface area contributed by atoms with Gasteiger partial charge in [-0.2, -0.15) is 0 Å². The average molecular weight is 213 g/mol. The lowest BCUT2D eigenvalue weighted by Crippen LogP contribution is -2.32. The van der Waals surface area contributed by atoms with Crippen molar-refractivity contribution in [1.29, 1.82) is 0 Å². The van der Waals surface area contributed by atoms with Crippen molar-refractivity contribution in [2.45, 2.75) is 23.6 Å². The van der Waals surface area contributed by atoms with Gasteiger partial charge in [-0.15, -0.1) is 23.2 Å². The zero-order valence-corrected chi connectivity index (χ0v) is 7.81. The van der Waals surface area contributed by atoms with Gasteiger partial charge in [0.1, 0.15) is 5.38 Å². The van der Waals surface area contributed by atoms with E-state index in [2.05, 4.69) is 0 Å². The van der Waals surface area contributed by atoms with Crippen molar-refractivity contribution < 1.29 is 9.59 Å². The van der Waals surface area contributed by atoms with Crippen molar-refractivity contribution in [3.05, 3.63) is 0 Å². The Labute approximate surface area is 80.2 Å². The lowest BCUT2D eigenvalue weighted by molar-refractivity contribution is -0.119. The topological polar surface area (TPSA) is 86.2 Å². The van der Waals surface area contributed by atoms with E-state index in [4.69, 9.17) is 34.7 Å². The third kappa shape index (κ3) is 4.41. The molecule has 4 N–H and O–H groups in total. The number of hydrogen-bond donors (Lipinski definition) is 2. The number of nitrogens with two attached hydrogens (primary N) is 2. The van der Waals surface area contributed by atoms with Gasteiger partial charge in [0, 0.05) is 6.42 Å². The summed E-state index contributed by atoms with van der Waals surface area (Å²) in [5, 5.41) is -1.59. The molecular formula is C6H10Cl2N2O2. The van der Waals surface area contributed by atoms with E-state index in [1.165, 1.54) is 0 Å². The Morgan fingerprint density at radius 2 is 1.75 bits per heavy atom. The molecule has 2 amide bonds. The zero-order chi connectivity index (χ0) is 9.72. The third-order valence-electron chi connectivity index (χ3n) is 1.26. The maximum atomic E-state index is 10.5. The number of hydrogen-bond acceptors (Lipinski definition) is 2. The molecule has 2 unspecified atom stereocenters. The summed E-state index contributed by atoms with van der Waals surface area (Å²) < 4.78 is 0. The van der Waals surface area contributed by atoms with Gasteiger partial charge in [-0.25, -0.2) is 0 Å². The second-order valence-electron chi connectivity index (χ2n) is 2.33. The van der Waals surface area contributed by atoms with Gasteiger partial charge in [0.15, 0.2) is 0 Å². The first-order valence-corrected chi connectivity index (χ1v) is 4.18. The highest BCUT2D eigenvalue weighted by Crippen LogP contribution is 2.14. The van der Waals surface area contributed by atoms with Crippen LogP contribution in [0.15, 0.2) is 0 Å². The minimum absolute atomic E-state index is 0.102. The van der Waals surface area contributed by atoms with Crippen LogP contribution in [0.3, 0.4) is 0 Å². The van der Waals surface area contributed by atoms with E-state index in [9.17, 15) is 9.59 Å². The summed E-state index contributed by atoms with van der Waals surface area (Å²) in [7, 11) is 0. The van der Waals surface area contributed by atoms with Gasteiger partial charge < -0.3 is 11.5 Å². The quantitative estimate of drug-likeness (QED) is 0.627. The lowest BCUT2D eigenvalue weighted by Gasteiger charge is -2.10. The smallest absolute Gasteiger partial charge is 0.237 e. The fourth-order valence-corrected chi connectivity index (χ4v) is 0.964. The molecule has 0 saturated carbocycles. The Morgan fingerprint density at radius 1 is 1.25 bits per heavy atom. The van der Waals surface area contributed by atoms with Gasteiger partial charge in [-0.05, 0) is 6.42 Å². The SMILES string of the molecule is NC(=O)CCC(Cl)C(Cl)C(N)=O. The maximum absolute atomic E-state index is 10.5. The van der Waals surface area contributed by atoms with Crippen molar-refractivity contribution in [1.82, 2.24) is 0 Å². The number of carbonyl (C=O) groups excluding carboxylic acids is 2. The number of rotatable bonds is 5. The molecule has 0 radical (unpaired) electrons. The summed E-state index contributed by atoms with van der Waals surface area (Å²) in [6, 6.07) is 0. The molecule has 0 heterocycles. The molecule has 0 aromatic heterocycles. The maximum Gasteiger partial charge on any atom is 0.237 e. The van der Waals surface area contributed by atoms with E-state index >= 15 is 0 Å². The van der Waals surface area contributed by atoms with Crippen LogP contribution in [-0.2, 0) is 9.59 Å². The van der Waals surface area contributed by atoms with Gasteiger partial charge in [-0.3, -0.25) is 9.59 Å². The van der Waals surface area contributed by atoms with Crippen LogP contribution >= 0.6 is 23.2 Å². The summed E-state index contributed by atoms with van der Waals surface area (Å²) in [5.74, 6) is -1.17. The first kappa shape index (κ1) is 11.5. The van der Waals surface area contributed by atoms with Gasteiger partial charge in [0.2, 0.25) is 11.8 Å². The summed E-state index contributed by atoms with van der Waals surface area (Å²) in [6.45, 7) is 0. The van der Waals surface area contributed by atoms with Crippen molar-refractivity contribution in [2.24, 2.45) is 11.5 Å². The molecule has 0 aliphatic carbocycles. The van der Waals surface area contributed by atoms with Crippen LogP contribution in [0.25, 0.3) is 0 Å². The second kappa shape index (κ2) is 5.22. The summed E-state index contributed by atoms with van der Waals surface area (Å²) >= 11 is 11.1. The standard InChI is InChI=1S/C6H10Cl2N2O2/c7-3(1-2-4(9)11)5(8)6(10)12/h3,5H,1-2H2,(H2,9,11)(H2,10,12). The summed E-state index contributed by atoms with van der Waals surface area (Å²) in [4.78, 5) is 20.8. The normalized spacial score (nSPS) is 15.2.